The minimum atomic E-state index is 0.154. The van der Waals surface area contributed by atoms with Crippen LogP contribution in [0, 0.1) is 5.92 Å². The number of ketones is 1. The van der Waals surface area contributed by atoms with Crippen molar-refractivity contribution in [2.24, 2.45) is 5.92 Å². The van der Waals surface area contributed by atoms with Crippen LogP contribution >= 0.6 is 0 Å². The summed E-state index contributed by atoms with van der Waals surface area (Å²) < 4.78 is 10.3. The zero-order valence-electron chi connectivity index (χ0n) is 11.7. The van der Waals surface area contributed by atoms with E-state index in [1.165, 1.54) is 0 Å². The van der Waals surface area contributed by atoms with Gasteiger partial charge in [0, 0.05) is 18.1 Å². The van der Waals surface area contributed by atoms with Gasteiger partial charge in [0.05, 0.1) is 14.2 Å². The summed E-state index contributed by atoms with van der Waals surface area (Å²) in [5.74, 6) is 1.92. The molecule has 3 heteroatoms. The minimum Gasteiger partial charge on any atom is -0.497 e. The first kappa shape index (κ1) is 14.6. The molecule has 0 aliphatic carbocycles. The zero-order valence-corrected chi connectivity index (χ0v) is 11.7. The second-order valence-electron chi connectivity index (χ2n) is 4.41. The second kappa shape index (κ2) is 7.04. The fourth-order valence-electron chi connectivity index (χ4n) is 1.93. The third-order valence-electron chi connectivity index (χ3n) is 3.30. The standard InChI is InChI=1S/C15H22O3/c1-5-11(6-2)7-15(16)12-8-13(17-3)10-14(9-12)18-4/h8-11H,5-7H2,1-4H3. The lowest BCUT2D eigenvalue weighted by Gasteiger charge is -2.12. The van der Waals surface area contributed by atoms with Crippen LogP contribution in [0.25, 0.3) is 0 Å². The molecule has 0 atom stereocenters. The van der Waals surface area contributed by atoms with Crippen LogP contribution in [-0.2, 0) is 0 Å². The molecule has 0 saturated carbocycles. The van der Waals surface area contributed by atoms with Crippen molar-refractivity contribution >= 4 is 5.78 Å². The number of hydrogen-bond donors (Lipinski definition) is 0. The molecule has 0 radical (unpaired) electrons. The number of carbonyl (C=O) groups is 1. The molecular weight excluding hydrogens is 228 g/mol. The van der Waals surface area contributed by atoms with E-state index in [0.717, 1.165) is 12.8 Å². The van der Waals surface area contributed by atoms with Crippen molar-refractivity contribution in [1.29, 1.82) is 0 Å². The van der Waals surface area contributed by atoms with Crippen LogP contribution in [0.1, 0.15) is 43.5 Å². The predicted molar refractivity (Wildman–Crippen MR) is 72.6 cm³/mol. The maximum atomic E-state index is 12.2. The SMILES string of the molecule is CCC(CC)CC(=O)c1cc(OC)cc(OC)c1. The van der Waals surface area contributed by atoms with E-state index in [9.17, 15) is 4.79 Å². The molecule has 3 nitrogen and oxygen atoms in total. The van der Waals surface area contributed by atoms with E-state index in [1.807, 2.05) is 0 Å². The van der Waals surface area contributed by atoms with E-state index in [2.05, 4.69) is 13.8 Å². The van der Waals surface area contributed by atoms with Crippen LogP contribution in [-0.4, -0.2) is 20.0 Å². The highest BCUT2D eigenvalue weighted by Crippen LogP contribution is 2.25. The Morgan fingerprint density at radius 2 is 1.56 bits per heavy atom. The van der Waals surface area contributed by atoms with Crippen LogP contribution in [0.5, 0.6) is 11.5 Å². The van der Waals surface area contributed by atoms with E-state index < -0.39 is 0 Å². The van der Waals surface area contributed by atoms with Gasteiger partial charge in [0.2, 0.25) is 0 Å². The third-order valence-corrected chi connectivity index (χ3v) is 3.30. The van der Waals surface area contributed by atoms with Gasteiger partial charge in [-0.2, -0.15) is 0 Å². The zero-order chi connectivity index (χ0) is 13.5. The van der Waals surface area contributed by atoms with Crippen LogP contribution in [0.3, 0.4) is 0 Å². The Labute approximate surface area is 109 Å². The van der Waals surface area contributed by atoms with E-state index in [0.29, 0.717) is 29.4 Å². The molecule has 0 unspecified atom stereocenters. The van der Waals surface area contributed by atoms with Gasteiger partial charge in [-0.3, -0.25) is 4.79 Å². The van der Waals surface area contributed by atoms with Crippen molar-refractivity contribution in [3.8, 4) is 11.5 Å². The number of Topliss-reactive ketones (excluding diaryl/α,β-unsaturated/α-hetero) is 1. The Balaban J connectivity index is 2.90. The average Bonchev–Trinajstić information content (AvgIpc) is 2.43. The Morgan fingerprint density at radius 1 is 1.06 bits per heavy atom. The molecule has 1 aromatic carbocycles. The summed E-state index contributed by atoms with van der Waals surface area (Å²) in [4.78, 5) is 12.2. The van der Waals surface area contributed by atoms with Crippen LogP contribution in [0.2, 0.25) is 0 Å². The Kier molecular flexibility index (Phi) is 5.69. The van der Waals surface area contributed by atoms with Crippen molar-refractivity contribution in [2.45, 2.75) is 33.1 Å². The molecule has 0 aromatic heterocycles. The topological polar surface area (TPSA) is 35.5 Å². The number of benzene rings is 1. The summed E-state index contributed by atoms with van der Waals surface area (Å²) in [5, 5.41) is 0. The monoisotopic (exact) mass is 250 g/mol. The molecular formula is C15H22O3. The maximum Gasteiger partial charge on any atom is 0.163 e. The largest absolute Gasteiger partial charge is 0.497 e. The molecule has 0 heterocycles. The lowest BCUT2D eigenvalue weighted by atomic mass is 9.94. The molecule has 0 spiro atoms. The number of hydrogen-bond acceptors (Lipinski definition) is 3. The van der Waals surface area contributed by atoms with E-state index in [1.54, 1.807) is 32.4 Å². The van der Waals surface area contributed by atoms with Crippen molar-refractivity contribution in [1.82, 2.24) is 0 Å². The highest BCUT2D eigenvalue weighted by Gasteiger charge is 2.14. The lowest BCUT2D eigenvalue weighted by Crippen LogP contribution is -2.08. The van der Waals surface area contributed by atoms with Gasteiger partial charge in [0.25, 0.3) is 0 Å². The normalized spacial score (nSPS) is 10.5. The summed E-state index contributed by atoms with van der Waals surface area (Å²) in [7, 11) is 3.17. The van der Waals surface area contributed by atoms with Gasteiger partial charge >= 0.3 is 0 Å². The van der Waals surface area contributed by atoms with Crippen LogP contribution in [0.4, 0.5) is 0 Å². The summed E-state index contributed by atoms with van der Waals surface area (Å²) in [5.41, 5.74) is 0.665. The summed E-state index contributed by atoms with van der Waals surface area (Å²) in [6, 6.07) is 5.31. The second-order valence-corrected chi connectivity index (χ2v) is 4.41. The quantitative estimate of drug-likeness (QED) is 0.692. The molecule has 0 N–H and O–H groups in total. The maximum absolute atomic E-state index is 12.2. The molecule has 1 rings (SSSR count). The highest BCUT2D eigenvalue weighted by molar-refractivity contribution is 5.97. The first-order chi connectivity index (χ1) is 8.64. The number of ether oxygens (including phenoxy) is 2. The van der Waals surface area contributed by atoms with Crippen LogP contribution < -0.4 is 9.47 Å². The molecule has 0 aliphatic rings. The van der Waals surface area contributed by atoms with Gasteiger partial charge in [-0.05, 0) is 18.1 Å². The van der Waals surface area contributed by atoms with Crippen molar-refractivity contribution in [2.75, 3.05) is 14.2 Å². The first-order valence-corrected chi connectivity index (χ1v) is 6.40. The molecule has 0 aliphatic heterocycles. The Bertz CT molecular complexity index is 372. The van der Waals surface area contributed by atoms with Crippen molar-refractivity contribution in [3.05, 3.63) is 23.8 Å². The average molecular weight is 250 g/mol. The third kappa shape index (κ3) is 3.76. The summed E-state index contributed by atoms with van der Waals surface area (Å²) in [6.07, 6.45) is 2.65. The number of rotatable bonds is 7. The Hall–Kier alpha value is -1.51. The van der Waals surface area contributed by atoms with Gasteiger partial charge in [-0.15, -0.1) is 0 Å². The minimum absolute atomic E-state index is 0.154. The summed E-state index contributed by atoms with van der Waals surface area (Å²) >= 11 is 0. The molecule has 0 bridgehead atoms. The molecule has 0 amide bonds. The fourth-order valence-corrected chi connectivity index (χ4v) is 1.93. The molecule has 100 valence electrons. The van der Waals surface area contributed by atoms with Crippen LogP contribution in [0.15, 0.2) is 18.2 Å². The van der Waals surface area contributed by atoms with Gasteiger partial charge in [-0.25, -0.2) is 0 Å². The van der Waals surface area contributed by atoms with Crippen molar-refractivity contribution in [3.63, 3.8) is 0 Å². The van der Waals surface area contributed by atoms with E-state index in [-0.39, 0.29) is 5.78 Å². The first-order valence-electron chi connectivity index (χ1n) is 6.40. The van der Waals surface area contributed by atoms with Crippen molar-refractivity contribution < 1.29 is 14.3 Å². The molecule has 0 saturated heterocycles. The van der Waals surface area contributed by atoms with Gasteiger partial charge in [-0.1, -0.05) is 26.7 Å². The fraction of sp³-hybridized carbons (Fsp3) is 0.533. The molecule has 18 heavy (non-hydrogen) atoms. The highest BCUT2D eigenvalue weighted by atomic mass is 16.5. The summed E-state index contributed by atoms with van der Waals surface area (Å²) in [6.45, 7) is 4.24. The van der Waals surface area contributed by atoms with Gasteiger partial charge in [0.1, 0.15) is 11.5 Å². The smallest absolute Gasteiger partial charge is 0.163 e. The predicted octanol–water partition coefficient (Wildman–Crippen LogP) is 3.71. The van der Waals surface area contributed by atoms with Gasteiger partial charge in [0.15, 0.2) is 5.78 Å². The van der Waals surface area contributed by atoms with E-state index in [4.69, 9.17) is 9.47 Å². The Morgan fingerprint density at radius 3 is 1.94 bits per heavy atom. The van der Waals surface area contributed by atoms with Gasteiger partial charge < -0.3 is 9.47 Å². The lowest BCUT2D eigenvalue weighted by molar-refractivity contribution is 0.0958. The molecule has 1 aromatic rings. The van der Waals surface area contributed by atoms with E-state index >= 15 is 0 Å². The molecule has 0 fully saturated rings. The number of methoxy groups -OCH3 is 2. The number of carbonyl (C=O) groups excluding carboxylic acids is 1.